The number of aryl methyl sites for hydroxylation is 2. The molecule has 5 rings (SSSR count). The van der Waals surface area contributed by atoms with Crippen molar-refractivity contribution in [3.05, 3.63) is 83.0 Å². The summed E-state index contributed by atoms with van der Waals surface area (Å²) in [4.78, 5) is 39.0. The van der Waals surface area contributed by atoms with Crippen LogP contribution in [0.25, 0.3) is 0 Å². The van der Waals surface area contributed by atoms with Crippen LogP contribution in [0.1, 0.15) is 40.9 Å². The fraction of sp³-hybridized carbons (Fsp3) is 0.387. The molecule has 204 valence electrons. The van der Waals surface area contributed by atoms with Crippen LogP contribution in [0.4, 0.5) is 16.3 Å². The number of methoxy groups -OCH3 is 1. The summed E-state index contributed by atoms with van der Waals surface area (Å²) in [6, 6.07) is 17.5. The Bertz CT molecular complexity index is 1320. The Morgan fingerprint density at radius 1 is 1.00 bits per heavy atom. The zero-order chi connectivity index (χ0) is 27.5. The van der Waals surface area contributed by atoms with Crippen molar-refractivity contribution < 1.29 is 14.3 Å². The summed E-state index contributed by atoms with van der Waals surface area (Å²) in [6.45, 7) is 10.3. The Hall–Kier alpha value is -4.07. The minimum Gasteiger partial charge on any atom is -0.497 e. The molecule has 8 nitrogen and oxygen atoms in total. The van der Waals surface area contributed by atoms with Gasteiger partial charge in [0.2, 0.25) is 0 Å². The van der Waals surface area contributed by atoms with Crippen LogP contribution in [-0.4, -0.2) is 72.6 Å². The monoisotopic (exact) mass is 527 g/mol. The minimum atomic E-state index is -0.0237. The number of hydrogen-bond acceptors (Lipinski definition) is 5. The van der Waals surface area contributed by atoms with Gasteiger partial charge in [-0.05, 0) is 73.4 Å². The Morgan fingerprint density at radius 3 is 2.31 bits per heavy atom. The summed E-state index contributed by atoms with van der Waals surface area (Å²) in [6.07, 6.45) is 2.92. The maximum Gasteiger partial charge on any atom is 0.325 e. The van der Waals surface area contributed by atoms with Crippen molar-refractivity contribution in [1.29, 1.82) is 0 Å². The van der Waals surface area contributed by atoms with E-state index >= 15 is 0 Å². The van der Waals surface area contributed by atoms with Gasteiger partial charge in [-0.2, -0.15) is 0 Å². The Labute approximate surface area is 230 Å². The summed E-state index contributed by atoms with van der Waals surface area (Å²) < 4.78 is 5.23. The first kappa shape index (κ1) is 26.5. The molecular formula is C31H37N5O3. The smallest absolute Gasteiger partial charge is 0.325 e. The number of piperazine rings is 1. The molecule has 0 N–H and O–H groups in total. The van der Waals surface area contributed by atoms with Crippen molar-refractivity contribution in [2.24, 2.45) is 0 Å². The standard InChI is InChI=1S/C31H37N5O3/c1-5-24-18-22(2)29(32-19-24)33-14-16-34(17-15-33)30(37)26-8-10-27(11-9-26)36-23(3)20-35(31(36)38)21-25-6-12-28(39-4)13-7-25/h6-13,18-19,23H,5,14-17,20-21H2,1-4H3. The Kier molecular flexibility index (Phi) is 7.72. The second-order valence-corrected chi connectivity index (χ2v) is 10.4. The Morgan fingerprint density at radius 2 is 1.69 bits per heavy atom. The molecule has 0 saturated carbocycles. The molecule has 1 unspecified atom stereocenters. The topological polar surface area (TPSA) is 69.2 Å². The molecule has 0 aliphatic carbocycles. The number of hydrogen-bond donors (Lipinski definition) is 0. The molecule has 3 amide bonds. The van der Waals surface area contributed by atoms with Crippen LogP contribution in [0.2, 0.25) is 0 Å². The fourth-order valence-electron chi connectivity index (χ4n) is 5.49. The lowest BCUT2D eigenvalue weighted by atomic mass is 10.1. The molecular weight excluding hydrogens is 490 g/mol. The highest BCUT2D eigenvalue weighted by Gasteiger charge is 2.35. The molecule has 2 saturated heterocycles. The number of carbonyl (C=O) groups is 2. The molecule has 2 fully saturated rings. The zero-order valence-electron chi connectivity index (χ0n) is 23.3. The predicted octanol–water partition coefficient (Wildman–Crippen LogP) is 4.75. The summed E-state index contributed by atoms with van der Waals surface area (Å²) >= 11 is 0. The van der Waals surface area contributed by atoms with E-state index in [1.54, 1.807) is 7.11 Å². The third-order valence-corrected chi connectivity index (χ3v) is 7.71. The highest BCUT2D eigenvalue weighted by molar-refractivity contribution is 5.97. The molecule has 0 bridgehead atoms. The second kappa shape index (κ2) is 11.4. The van der Waals surface area contributed by atoms with Gasteiger partial charge in [0.05, 0.1) is 13.2 Å². The predicted molar refractivity (Wildman–Crippen MR) is 154 cm³/mol. The minimum absolute atomic E-state index is 0.0224. The first-order valence-electron chi connectivity index (χ1n) is 13.7. The lowest BCUT2D eigenvalue weighted by molar-refractivity contribution is 0.0746. The summed E-state index contributed by atoms with van der Waals surface area (Å²) in [5.74, 6) is 1.83. The van der Waals surface area contributed by atoms with Gasteiger partial charge in [-0.15, -0.1) is 0 Å². The molecule has 2 aliphatic rings. The van der Waals surface area contributed by atoms with E-state index in [1.165, 1.54) is 11.1 Å². The van der Waals surface area contributed by atoms with Crippen molar-refractivity contribution in [1.82, 2.24) is 14.8 Å². The molecule has 1 aromatic heterocycles. The third-order valence-electron chi connectivity index (χ3n) is 7.71. The number of anilines is 2. The summed E-state index contributed by atoms with van der Waals surface area (Å²) in [5.41, 5.74) is 4.93. The molecule has 8 heteroatoms. The largest absolute Gasteiger partial charge is 0.497 e. The lowest BCUT2D eigenvalue weighted by Gasteiger charge is -2.36. The van der Waals surface area contributed by atoms with Crippen LogP contribution in [0.3, 0.4) is 0 Å². The average molecular weight is 528 g/mol. The second-order valence-electron chi connectivity index (χ2n) is 10.4. The van der Waals surface area contributed by atoms with E-state index in [9.17, 15) is 9.59 Å². The van der Waals surface area contributed by atoms with Gasteiger partial charge in [0, 0.05) is 56.7 Å². The van der Waals surface area contributed by atoms with E-state index in [4.69, 9.17) is 4.74 Å². The van der Waals surface area contributed by atoms with E-state index in [2.05, 4.69) is 36.7 Å². The Balaban J connectivity index is 1.19. The van der Waals surface area contributed by atoms with Crippen LogP contribution in [0.5, 0.6) is 5.75 Å². The third kappa shape index (κ3) is 5.55. The van der Waals surface area contributed by atoms with Crippen molar-refractivity contribution in [2.75, 3.05) is 49.6 Å². The van der Waals surface area contributed by atoms with Gasteiger partial charge in [0.25, 0.3) is 5.91 Å². The van der Waals surface area contributed by atoms with Crippen LogP contribution < -0.4 is 14.5 Å². The van der Waals surface area contributed by atoms with Crippen LogP contribution in [0, 0.1) is 6.92 Å². The van der Waals surface area contributed by atoms with Gasteiger partial charge in [0.15, 0.2) is 0 Å². The van der Waals surface area contributed by atoms with Crippen molar-refractivity contribution in [3.8, 4) is 5.75 Å². The maximum atomic E-state index is 13.3. The van der Waals surface area contributed by atoms with Crippen molar-refractivity contribution >= 4 is 23.4 Å². The van der Waals surface area contributed by atoms with Crippen molar-refractivity contribution in [2.45, 2.75) is 39.8 Å². The highest BCUT2D eigenvalue weighted by atomic mass is 16.5. The number of ether oxygens (including phenoxy) is 1. The van der Waals surface area contributed by atoms with Crippen LogP contribution in [0.15, 0.2) is 60.8 Å². The molecule has 3 aromatic rings. The molecule has 39 heavy (non-hydrogen) atoms. The van der Waals surface area contributed by atoms with Gasteiger partial charge in [-0.3, -0.25) is 9.69 Å². The summed E-state index contributed by atoms with van der Waals surface area (Å²) in [7, 11) is 1.64. The number of carbonyl (C=O) groups excluding carboxylic acids is 2. The highest BCUT2D eigenvalue weighted by Crippen LogP contribution is 2.27. The van der Waals surface area contributed by atoms with Gasteiger partial charge < -0.3 is 19.4 Å². The zero-order valence-corrected chi connectivity index (χ0v) is 23.3. The van der Waals surface area contributed by atoms with E-state index < -0.39 is 0 Å². The van der Waals surface area contributed by atoms with Crippen LogP contribution >= 0.6 is 0 Å². The molecule has 0 spiro atoms. The van der Waals surface area contributed by atoms with Crippen molar-refractivity contribution in [3.63, 3.8) is 0 Å². The number of urea groups is 1. The van der Waals surface area contributed by atoms with Gasteiger partial charge in [-0.25, -0.2) is 9.78 Å². The van der Waals surface area contributed by atoms with Crippen LogP contribution in [-0.2, 0) is 13.0 Å². The molecule has 2 aliphatic heterocycles. The average Bonchev–Trinajstić information content (AvgIpc) is 3.25. The number of rotatable bonds is 7. The first-order valence-corrected chi connectivity index (χ1v) is 13.7. The van der Waals surface area contributed by atoms with Gasteiger partial charge in [0.1, 0.15) is 11.6 Å². The number of amides is 3. The molecule has 1 atom stereocenters. The quantitative estimate of drug-likeness (QED) is 0.443. The van der Waals surface area contributed by atoms with Gasteiger partial charge >= 0.3 is 6.03 Å². The number of nitrogens with zero attached hydrogens (tertiary/aromatic N) is 5. The van der Waals surface area contributed by atoms with E-state index in [1.807, 2.05) is 69.4 Å². The van der Waals surface area contributed by atoms with E-state index in [0.717, 1.165) is 42.3 Å². The normalized spacial score (nSPS) is 17.6. The van der Waals surface area contributed by atoms with Gasteiger partial charge in [-0.1, -0.05) is 25.1 Å². The molecule has 2 aromatic carbocycles. The molecule has 0 radical (unpaired) electrons. The maximum absolute atomic E-state index is 13.3. The number of aromatic nitrogens is 1. The number of pyridine rings is 1. The summed E-state index contributed by atoms with van der Waals surface area (Å²) in [5, 5.41) is 0. The number of benzene rings is 2. The fourth-order valence-corrected chi connectivity index (χ4v) is 5.49. The SMILES string of the molecule is CCc1cnc(N2CCN(C(=O)c3ccc(N4C(=O)N(Cc5ccc(OC)cc5)CC4C)cc3)CC2)c(C)c1. The van der Waals surface area contributed by atoms with E-state index in [0.29, 0.717) is 31.7 Å². The lowest BCUT2D eigenvalue weighted by Crippen LogP contribution is -2.49. The van der Waals surface area contributed by atoms with E-state index in [-0.39, 0.29) is 18.0 Å². The molecule has 3 heterocycles. The first-order chi connectivity index (χ1) is 18.9.